The van der Waals surface area contributed by atoms with E-state index in [9.17, 15) is 8.42 Å². The van der Waals surface area contributed by atoms with Crippen molar-refractivity contribution in [2.45, 2.75) is 31.7 Å². The van der Waals surface area contributed by atoms with E-state index >= 15 is 0 Å². The highest BCUT2D eigenvalue weighted by Gasteiger charge is 2.28. The van der Waals surface area contributed by atoms with Crippen molar-refractivity contribution in [3.8, 4) is 11.1 Å². The summed E-state index contributed by atoms with van der Waals surface area (Å²) in [6.45, 7) is 5.94. The minimum absolute atomic E-state index is 0.181. The highest BCUT2D eigenvalue weighted by molar-refractivity contribution is 7.89. The largest absolute Gasteiger partial charge is 0.361 e. The maximum Gasteiger partial charge on any atom is 0.213 e. The van der Waals surface area contributed by atoms with Gasteiger partial charge in [-0.2, -0.15) is 0 Å². The number of nitrogens with one attached hydrogen (secondary N) is 3. The van der Waals surface area contributed by atoms with Gasteiger partial charge in [0, 0.05) is 55.9 Å². The lowest BCUT2D eigenvalue weighted by Gasteiger charge is -2.30. The molecule has 3 N–H and O–H groups in total. The van der Waals surface area contributed by atoms with E-state index in [1.54, 1.807) is 11.2 Å². The monoisotopic (exact) mass is 452 g/mol. The number of piperazine rings is 1. The van der Waals surface area contributed by atoms with Gasteiger partial charge in [-0.1, -0.05) is 30.3 Å². The standard InChI is InChI=1S/C25H32N4O2S/c1-2-32(30,31)29-13-9-19(10-14-29)23-16-28-24-8-7-21(15-22(23)24)18-3-5-20(6-4-18)25-17-26-11-12-27-25/h3-8,15-16,19,25-28H,2,9-14,17H2,1H3. The van der Waals surface area contributed by atoms with E-state index in [0.29, 0.717) is 25.0 Å². The number of benzene rings is 2. The summed E-state index contributed by atoms with van der Waals surface area (Å²) in [6.07, 6.45) is 3.86. The van der Waals surface area contributed by atoms with E-state index in [1.165, 1.54) is 27.6 Å². The molecule has 2 aliphatic rings. The fraction of sp³-hybridized carbons (Fsp3) is 0.440. The van der Waals surface area contributed by atoms with Crippen LogP contribution in [-0.2, 0) is 10.0 Å². The molecule has 3 heterocycles. The maximum absolute atomic E-state index is 12.2. The number of H-pyrrole nitrogens is 1. The quantitative estimate of drug-likeness (QED) is 0.553. The molecule has 0 spiro atoms. The third-order valence-electron chi connectivity index (χ3n) is 7.05. The van der Waals surface area contributed by atoms with Crippen LogP contribution >= 0.6 is 0 Å². The van der Waals surface area contributed by atoms with Crippen molar-refractivity contribution >= 4 is 20.9 Å². The first-order chi connectivity index (χ1) is 15.5. The predicted octanol–water partition coefficient (Wildman–Crippen LogP) is 3.60. The van der Waals surface area contributed by atoms with E-state index in [4.69, 9.17) is 0 Å². The molecule has 1 unspecified atom stereocenters. The average Bonchev–Trinajstić information content (AvgIpc) is 3.28. The van der Waals surface area contributed by atoms with Crippen LogP contribution in [-0.4, -0.2) is 56.2 Å². The third-order valence-corrected chi connectivity index (χ3v) is 8.93. The molecule has 32 heavy (non-hydrogen) atoms. The van der Waals surface area contributed by atoms with E-state index in [-0.39, 0.29) is 5.75 Å². The zero-order valence-corrected chi connectivity index (χ0v) is 19.4. The number of aromatic amines is 1. The highest BCUT2D eigenvalue weighted by atomic mass is 32.2. The zero-order valence-electron chi connectivity index (χ0n) is 18.6. The molecule has 0 amide bonds. The number of aromatic nitrogens is 1. The van der Waals surface area contributed by atoms with Crippen LogP contribution in [0.1, 0.15) is 42.9 Å². The Kier molecular flexibility index (Phi) is 6.07. The van der Waals surface area contributed by atoms with E-state index < -0.39 is 10.0 Å². The molecule has 1 atom stereocenters. The fourth-order valence-corrected chi connectivity index (χ4v) is 6.22. The first-order valence-electron chi connectivity index (χ1n) is 11.7. The molecule has 3 aromatic rings. The molecule has 0 aliphatic carbocycles. The maximum atomic E-state index is 12.2. The fourth-order valence-electron chi connectivity index (χ4n) is 5.08. The van der Waals surface area contributed by atoms with Crippen LogP contribution in [0.5, 0.6) is 0 Å². The van der Waals surface area contributed by atoms with Crippen molar-refractivity contribution in [2.75, 3.05) is 38.5 Å². The van der Waals surface area contributed by atoms with Gasteiger partial charge in [0.15, 0.2) is 0 Å². The van der Waals surface area contributed by atoms with Gasteiger partial charge in [-0.3, -0.25) is 0 Å². The molecule has 0 saturated carbocycles. The lowest BCUT2D eigenvalue weighted by molar-refractivity contribution is 0.321. The minimum atomic E-state index is -3.09. The summed E-state index contributed by atoms with van der Waals surface area (Å²) in [4.78, 5) is 3.42. The normalized spacial score (nSPS) is 21.2. The molecular weight excluding hydrogens is 420 g/mol. The van der Waals surface area contributed by atoms with Gasteiger partial charge in [0.25, 0.3) is 0 Å². The Morgan fingerprint density at radius 1 is 1.00 bits per heavy atom. The number of hydrogen-bond acceptors (Lipinski definition) is 4. The predicted molar refractivity (Wildman–Crippen MR) is 130 cm³/mol. The van der Waals surface area contributed by atoms with Gasteiger partial charge in [-0.25, -0.2) is 12.7 Å². The molecule has 7 heteroatoms. The first-order valence-corrected chi connectivity index (χ1v) is 13.3. The molecule has 2 aliphatic heterocycles. The SMILES string of the molecule is CCS(=O)(=O)N1CCC(c2c[nH]c3ccc(-c4ccc(C5CNCCN5)cc4)cc23)CC1. The number of hydrogen-bond donors (Lipinski definition) is 3. The average molecular weight is 453 g/mol. The Balaban J connectivity index is 1.36. The Labute approximate surface area is 190 Å². The Morgan fingerprint density at radius 2 is 1.75 bits per heavy atom. The molecule has 170 valence electrons. The number of piperidine rings is 1. The summed E-state index contributed by atoms with van der Waals surface area (Å²) in [7, 11) is -3.09. The molecular formula is C25H32N4O2S. The summed E-state index contributed by atoms with van der Waals surface area (Å²) in [5.41, 5.74) is 6.20. The van der Waals surface area contributed by atoms with Gasteiger partial charge in [0.05, 0.1) is 5.75 Å². The van der Waals surface area contributed by atoms with Gasteiger partial charge in [-0.15, -0.1) is 0 Å². The van der Waals surface area contributed by atoms with Crippen molar-refractivity contribution < 1.29 is 8.42 Å². The third kappa shape index (κ3) is 4.22. The zero-order chi connectivity index (χ0) is 22.1. The molecule has 2 fully saturated rings. The van der Waals surface area contributed by atoms with Crippen LogP contribution in [0.25, 0.3) is 22.0 Å². The Morgan fingerprint density at radius 3 is 2.44 bits per heavy atom. The molecule has 1 aromatic heterocycles. The van der Waals surface area contributed by atoms with Crippen LogP contribution in [0, 0.1) is 0 Å². The second-order valence-electron chi connectivity index (χ2n) is 8.91. The summed E-state index contributed by atoms with van der Waals surface area (Å²) in [5, 5.41) is 8.26. The Bertz CT molecular complexity index is 1170. The number of nitrogens with zero attached hydrogens (tertiary/aromatic N) is 1. The summed E-state index contributed by atoms with van der Waals surface area (Å²) < 4.78 is 26.1. The van der Waals surface area contributed by atoms with Gasteiger partial charge in [0.2, 0.25) is 10.0 Å². The summed E-state index contributed by atoms with van der Waals surface area (Å²) in [5.74, 6) is 0.565. The lowest BCUT2D eigenvalue weighted by atomic mass is 9.89. The molecule has 2 aromatic carbocycles. The van der Waals surface area contributed by atoms with Crippen LogP contribution in [0.4, 0.5) is 0 Å². The highest BCUT2D eigenvalue weighted by Crippen LogP contribution is 2.36. The van der Waals surface area contributed by atoms with Gasteiger partial charge < -0.3 is 15.6 Å². The van der Waals surface area contributed by atoms with Crippen LogP contribution < -0.4 is 10.6 Å². The molecule has 0 bridgehead atoms. The Hall–Kier alpha value is -2.19. The second kappa shape index (κ2) is 8.98. The van der Waals surface area contributed by atoms with Crippen LogP contribution in [0.2, 0.25) is 0 Å². The molecule has 6 nitrogen and oxygen atoms in total. The second-order valence-corrected chi connectivity index (χ2v) is 11.2. The summed E-state index contributed by atoms with van der Waals surface area (Å²) >= 11 is 0. The van der Waals surface area contributed by atoms with Crippen LogP contribution in [0.15, 0.2) is 48.7 Å². The molecule has 5 rings (SSSR count). The number of rotatable bonds is 5. The molecule has 2 saturated heterocycles. The smallest absolute Gasteiger partial charge is 0.213 e. The van der Waals surface area contributed by atoms with Gasteiger partial charge in [-0.05, 0) is 60.1 Å². The van der Waals surface area contributed by atoms with Crippen molar-refractivity contribution in [2.24, 2.45) is 0 Å². The van der Waals surface area contributed by atoms with Crippen molar-refractivity contribution in [3.05, 3.63) is 59.8 Å². The first kappa shape index (κ1) is 21.6. The summed E-state index contributed by atoms with van der Waals surface area (Å²) in [6, 6.07) is 15.9. The number of fused-ring (bicyclic) bond motifs is 1. The van der Waals surface area contributed by atoms with E-state index in [2.05, 4.69) is 64.3 Å². The van der Waals surface area contributed by atoms with Gasteiger partial charge >= 0.3 is 0 Å². The lowest BCUT2D eigenvalue weighted by Crippen LogP contribution is -2.42. The molecule has 0 radical (unpaired) electrons. The van der Waals surface area contributed by atoms with Crippen LogP contribution in [0.3, 0.4) is 0 Å². The van der Waals surface area contributed by atoms with E-state index in [0.717, 1.165) is 38.0 Å². The van der Waals surface area contributed by atoms with Gasteiger partial charge in [0.1, 0.15) is 0 Å². The topological polar surface area (TPSA) is 77.2 Å². The van der Waals surface area contributed by atoms with Crippen molar-refractivity contribution in [1.82, 2.24) is 19.9 Å². The van der Waals surface area contributed by atoms with E-state index in [1.807, 2.05) is 0 Å². The minimum Gasteiger partial charge on any atom is -0.361 e. The van der Waals surface area contributed by atoms with Crippen molar-refractivity contribution in [1.29, 1.82) is 0 Å². The van der Waals surface area contributed by atoms with Crippen molar-refractivity contribution in [3.63, 3.8) is 0 Å². The number of sulfonamides is 1.